The van der Waals surface area contributed by atoms with Crippen LogP contribution in [-0.2, 0) is 4.79 Å². The predicted molar refractivity (Wildman–Crippen MR) is 158 cm³/mol. The van der Waals surface area contributed by atoms with Gasteiger partial charge in [0, 0.05) is 71.0 Å². The van der Waals surface area contributed by atoms with E-state index in [0.29, 0.717) is 42.5 Å². The highest BCUT2D eigenvalue weighted by atomic mass is 35.5. The Morgan fingerprint density at radius 3 is 1.36 bits per heavy atom. The van der Waals surface area contributed by atoms with Gasteiger partial charge in [-0.15, -0.1) is 23.2 Å². The summed E-state index contributed by atoms with van der Waals surface area (Å²) in [5.41, 5.74) is 0.188. The van der Waals surface area contributed by atoms with E-state index in [0.717, 1.165) is 12.1 Å². The number of alkyl halides is 8. The van der Waals surface area contributed by atoms with Gasteiger partial charge in [-0.05, 0) is 21.9 Å². The maximum absolute atomic E-state index is 14.9. The summed E-state index contributed by atoms with van der Waals surface area (Å²) in [5.74, 6) is -4.81. The van der Waals surface area contributed by atoms with Gasteiger partial charge in [-0.2, -0.15) is 26.3 Å². The van der Waals surface area contributed by atoms with E-state index in [2.05, 4.69) is 0 Å². The third-order valence-corrected chi connectivity index (χ3v) is 9.25. The number of anilines is 2. The van der Waals surface area contributed by atoms with Crippen LogP contribution < -0.4 is 9.80 Å². The molecule has 44 heavy (non-hydrogen) atoms. The van der Waals surface area contributed by atoms with Gasteiger partial charge in [-0.3, -0.25) is 4.79 Å². The van der Waals surface area contributed by atoms with E-state index in [1.807, 2.05) is 0 Å². The molecule has 6 rings (SSSR count). The zero-order valence-corrected chi connectivity index (χ0v) is 24.1. The summed E-state index contributed by atoms with van der Waals surface area (Å²) in [6.45, 7) is -1.00. The second-order valence-electron chi connectivity index (χ2n) is 11.0. The Balaban J connectivity index is 1.51. The van der Waals surface area contributed by atoms with Crippen LogP contribution in [0, 0.1) is 0 Å². The molecule has 0 amide bonds. The number of hydrogen-bond donors (Lipinski definition) is 2. The highest BCUT2D eigenvalue weighted by Gasteiger charge is 2.60. The molecule has 0 saturated carbocycles. The molecule has 4 aromatic rings. The van der Waals surface area contributed by atoms with Crippen LogP contribution in [0.1, 0.15) is 23.0 Å². The highest BCUT2D eigenvalue weighted by molar-refractivity contribution is 6.19. The standard InChI is InChI=1S/C31H24Cl2F6N2O3/c32-11-15-13-40(21-9-23(42)17-5-1-3-7-19(17)25(15)21)28(30(34,35)36)27(44)29(31(37,38)39)41-14-16(12-33)26-20-8-4-2-6-18(20)24(43)10-22(26)41/h1-10,15-16,28-29,42-43H,11-14H2/t15?,16?,28-,29-/m0/s1. The van der Waals surface area contributed by atoms with E-state index < -0.39 is 55.1 Å². The lowest BCUT2D eigenvalue weighted by atomic mass is 9.95. The van der Waals surface area contributed by atoms with Crippen molar-refractivity contribution in [3.63, 3.8) is 0 Å². The molecule has 0 spiro atoms. The fraction of sp³-hybridized carbons (Fsp3) is 0.323. The third-order valence-electron chi connectivity index (χ3n) is 8.51. The quantitative estimate of drug-likeness (QED) is 0.164. The SMILES string of the molecule is O=C([C@H](N1CC(CCl)c2c1cc(O)c1ccccc21)C(F)(F)F)[C@H](N1CC(CCl)c2c1cc(O)c1ccccc21)C(F)(F)F. The van der Waals surface area contributed by atoms with Crippen LogP contribution in [-0.4, -0.2) is 65.3 Å². The molecule has 0 bridgehead atoms. The Morgan fingerprint density at radius 1 is 0.705 bits per heavy atom. The lowest BCUT2D eigenvalue weighted by Gasteiger charge is -2.37. The van der Waals surface area contributed by atoms with Gasteiger partial charge in [0.1, 0.15) is 11.5 Å². The van der Waals surface area contributed by atoms with Gasteiger partial charge in [-0.25, -0.2) is 0 Å². The fourth-order valence-electron chi connectivity index (χ4n) is 6.79. The van der Waals surface area contributed by atoms with Crippen molar-refractivity contribution in [3.8, 4) is 11.5 Å². The minimum absolute atomic E-state index is 0.178. The van der Waals surface area contributed by atoms with E-state index in [1.54, 1.807) is 48.5 Å². The summed E-state index contributed by atoms with van der Waals surface area (Å²) in [6, 6.07) is 8.35. The lowest BCUT2D eigenvalue weighted by molar-refractivity contribution is -0.181. The molecule has 2 aliphatic heterocycles. The first kappa shape index (κ1) is 30.5. The van der Waals surface area contributed by atoms with Gasteiger partial charge < -0.3 is 20.0 Å². The van der Waals surface area contributed by atoms with Crippen molar-refractivity contribution in [1.82, 2.24) is 0 Å². The maximum atomic E-state index is 14.9. The number of rotatable bonds is 6. The van der Waals surface area contributed by atoms with Crippen molar-refractivity contribution in [3.05, 3.63) is 71.8 Å². The Hall–Kier alpha value is -3.57. The Morgan fingerprint density at radius 2 is 1.05 bits per heavy atom. The molecule has 4 aromatic carbocycles. The predicted octanol–water partition coefficient (Wildman–Crippen LogP) is 7.82. The average Bonchev–Trinajstić information content (AvgIpc) is 3.50. The molecule has 4 atom stereocenters. The average molecular weight is 657 g/mol. The molecule has 2 unspecified atom stereocenters. The van der Waals surface area contributed by atoms with Crippen LogP contribution in [0.25, 0.3) is 21.5 Å². The molecule has 0 aliphatic carbocycles. The Bertz CT molecular complexity index is 1650. The minimum Gasteiger partial charge on any atom is -0.507 e. The number of benzene rings is 4. The van der Waals surface area contributed by atoms with Gasteiger partial charge in [0.05, 0.1) is 0 Å². The summed E-state index contributed by atoms with van der Waals surface area (Å²) >= 11 is 12.3. The molecular formula is C31H24Cl2F6N2O3. The number of Topliss-reactive ketones (excluding diaryl/α,β-unsaturated/α-hetero) is 1. The van der Waals surface area contributed by atoms with Crippen molar-refractivity contribution in [2.24, 2.45) is 0 Å². The first-order valence-electron chi connectivity index (χ1n) is 13.6. The van der Waals surface area contributed by atoms with Gasteiger partial charge in [-0.1, -0.05) is 48.5 Å². The molecule has 13 heteroatoms. The van der Waals surface area contributed by atoms with Crippen molar-refractivity contribution in [1.29, 1.82) is 0 Å². The van der Waals surface area contributed by atoms with Crippen LogP contribution in [0.5, 0.6) is 11.5 Å². The number of aromatic hydroxyl groups is 2. The van der Waals surface area contributed by atoms with E-state index in [4.69, 9.17) is 23.2 Å². The number of phenolic OH excluding ortho intramolecular Hbond substituents is 2. The molecule has 2 N–H and O–H groups in total. The first-order valence-corrected chi connectivity index (χ1v) is 14.7. The number of carbonyl (C=O) groups is 1. The number of fused-ring (bicyclic) bond motifs is 6. The summed E-state index contributed by atoms with van der Waals surface area (Å²) in [5, 5.41) is 22.8. The lowest BCUT2D eigenvalue weighted by Crippen LogP contribution is -2.61. The van der Waals surface area contributed by atoms with Crippen molar-refractivity contribution in [2.75, 3.05) is 34.6 Å². The fourth-order valence-corrected chi connectivity index (χ4v) is 7.29. The molecule has 0 aromatic heterocycles. The number of carbonyl (C=O) groups excluding carboxylic acids is 1. The third kappa shape index (κ3) is 4.75. The van der Waals surface area contributed by atoms with Crippen LogP contribution in [0.2, 0.25) is 0 Å². The Labute approximate surface area is 257 Å². The van der Waals surface area contributed by atoms with Gasteiger partial charge in [0.25, 0.3) is 0 Å². The summed E-state index contributed by atoms with van der Waals surface area (Å²) < 4.78 is 89.4. The van der Waals surface area contributed by atoms with E-state index in [1.165, 1.54) is 0 Å². The summed E-state index contributed by atoms with van der Waals surface area (Å²) in [4.78, 5) is 15.0. The smallest absolute Gasteiger partial charge is 0.416 e. The monoisotopic (exact) mass is 656 g/mol. The van der Waals surface area contributed by atoms with Crippen molar-refractivity contribution in [2.45, 2.75) is 36.3 Å². The second-order valence-corrected chi connectivity index (χ2v) is 11.7. The first-order chi connectivity index (χ1) is 20.8. The molecule has 5 nitrogen and oxygen atoms in total. The normalized spacial score (nSPS) is 19.8. The highest BCUT2D eigenvalue weighted by Crippen LogP contribution is 2.51. The zero-order valence-electron chi connectivity index (χ0n) is 22.6. The summed E-state index contributed by atoms with van der Waals surface area (Å²) in [6.07, 6.45) is -10.9. The minimum atomic E-state index is -5.44. The zero-order chi connectivity index (χ0) is 31.7. The molecule has 0 fully saturated rings. The van der Waals surface area contributed by atoms with Crippen LogP contribution >= 0.6 is 23.2 Å². The van der Waals surface area contributed by atoms with E-state index >= 15 is 0 Å². The van der Waals surface area contributed by atoms with E-state index in [-0.39, 0.29) is 34.6 Å². The number of nitrogens with zero attached hydrogens (tertiary/aromatic N) is 2. The number of hydrogen-bond acceptors (Lipinski definition) is 5. The largest absolute Gasteiger partial charge is 0.507 e. The topological polar surface area (TPSA) is 64.0 Å². The maximum Gasteiger partial charge on any atom is 0.416 e. The van der Waals surface area contributed by atoms with Crippen LogP contribution in [0.3, 0.4) is 0 Å². The van der Waals surface area contributed by atoms with E-state index in [9.17, 15) is 41.4 Å². The van der Waals surface area contributed by atoms with Crippen molar-refractivity contribution < 1.29 is 41.4 Å². The number of ketones is 1. The number of phenols is 2. The van der Waals surface area contributed by atoms with Crippen LogP contribution in [0.15, 0.2) is 60.7 Å². The molecular weight excluding hydrogens is 633 g/mol. The molecule has 2 aliphatic rings. The van der Waals surface area contributed by atoms with Crippen LogP contribution in [0.4, 0.5) is 37.7 Å². The molecule has 232 valence electrons. The molecule has 2 heterocycles. The van der Waals surface area contributed by atoms with Gasteiger partial charge in [0.15, 0.2) is 17.9 Å². The van der Waals surface area contributed by atoms with Crippen molar-refractivity contribution >= 4 is 61.9 Å². The number of halogens is 8. The summed E-state index contributed by atoms with van der Waals surface area (Å²) in [7, 11) is 0. The molecule has 0 saturated heterocycles. The Kier molecular flexibility index (Phi) is 7.48. The second kappa shape index (κ2) is 10.8. The van der Waals surface area contributed by atoms with Gasteiger partial charge >= 0.3 is 12.4 Å². The van der Waals surface area contributed by atoms with Gasteiger partial charge in [0.2, 0.25) is 0 Å². The molecule has 0 radical (unpaired) electrons.